The molecule has 4 N–H and O–H groups in total. The highest BCUT2D eigenvalue weighted by molar-refractivity contribution is 5.92. The zero-order valence-corrected chi connectivity index (χ0v) is 12.1. The molecule has 0 saturated heterocycles. The Morgan fingerprint density at radius 2 is 1.95 bits per heavy atom. The topological polar surface area (TPSA) is 79.5 Å². The largest absolute Gasteiger partial charge is 0.370 e. The molecule has 0 bridgehead atoms. The van der Waals surface area contributed by atoms with Crippen LogP contribution in [0, 0.1) is 19.8 Å². The van der Waals surface area contributed by atoms with Crippen molar-refractivity contribution in [2.45, 2.75) is 26.7 Å². The number of nitrogens with one attached hydrogen (secondary N) is 2. The summed E-state index contributed by atoms with van der Waals surface area (Å²) in [4.78, 5) is 15.6. The van der Waals surface area contributed by atoms with E-state index in [-0.39, 0.29) is 11.8 Å². The number of hydrogen-bond donors (Lipinski definition) is 3. The van der Waals surface area contributed by atoms with Crippen LogP contribution in [0.15, 0.2) is 23.2 Å². The highest BCUT2D eigenvalue weighted by Gasteiger charge is 2.28. The Kier molecular flexibility index (Phi) is 4.61. The lowest BCUT2D eigenvalue weighted by Gasteiger charge is -2.08. The maximum atomic E-state index is 11.4. The van der Waals surface area contributed by atoms with Crippen molar-refractivity contribution in [1.29, 1.82) is 0 Å². The number of anilines is 1. The first-order chi connectivity index (χ1) is 9.54. The van der Waals surface area contributed by atoms with Crippen LogP contribution >= 0.6 is 0 Å². The lowest BCUT2D eigenvalue weighted by molar-refractivity contribution is -0.122. The summed E-state index contributed by atoms with van der Waals surface area (Å²) in [6, 6.07) is 6.14. The number of benzene rings is 1. The van der Waals surface area contributed by atoms with E-state index in [4.69, 9.17) is 5.73 Å². The van der Waals surface area contributed by atoms with Crippen LogP contribution in [-0.4, -0.2) is 25.0 Å². The molecule has 0 aromatic heterocycles. The van der Waals surface area contributed by atoms with Crippen LogP contribution < -0.4 is 16.4 Å². The summed E-state index contributed by atoms with van der Waals surface area (Å²) in [7, 11) is 0. The average Bonchev–Trinajstić information content (AvgIpc) is 3.17. The first-order valence-corrected chi connectivity index (χ1v) is 6.97. The van der Waals surface area contributed by atoms with E-state index < -0.39 is 0 Å². The van der Waals surface area contributed by atoms with Crippen molar-refractivity contribution < 1.29 is 4.79 Å². The molecule has 0 unspecified atom stereocenters. The number of aliphatic imine (C=N–C) groups is 1. The van der Waals surface area contributed by atoms with Gasteiger partial charge in [-0.15, -0.1) is 0 Å². The molecule has 0 spiro atoms. The molecule has 108 valence electrons. The summed E-state index contributed by atoms with van der Waals surface area (Å²) >= 11 is 0. The molecular weight excluding hydrogens is 252 g/mol. The Morgan fingerprint density at radius 1 is 1.30 bits per heavy atom. The highest BCUT2D eigenvalue weighted by atomic mass is 16.2. The number of aryl methyl sites for hydroxylation is 2. The average molecular weight is 274 g/mol. The molecule has 1 aliphatic carbocycles. The second-order valence-electron chi connectivity index (χ2n) is 5.33. The molecule has 0 heterocycles. The van der Waals surface area contributed by atoms with Crippen LogP contribution in [0.5, 0.6) is 0 Å². The van der Waals surface area contributed by atoms with Crippen LogP contribution in [-0.2, 0) is 4.79 Å². The predicted molar refractivity (Wildman–Crippen MR) is 81.8 cm³/mol. The Labute approximate surface area is 119 Å². The molecule has 5 nitrogen and oxygen atoms in total. The van der Waals surface area contributed by atoms with Gasteiger partial charge in [0, 0.05) is 18.2 Å². The van der Waals surface area contributed by atoms with Crippen LogP contribution in [0.25, 0.3) is 0 Å². The quantitative estimate of drug-likeness (QED) is 0.433. The molecule has 0 radical (unpaired) electrons. The summed E-state index contributed by atoms with van der Waals surface area (Å²) in [5, 5.41) is 5.91. The third-order valence-electron chi connectivity index (χ3n) is 3.14. The maximum Gasteiger partial charge on any atom is 0.223 e. The van der Waals surface area contributed by atoms with E-state index in [1.807, 2.05) is 26.0 Å². The maximum absolute atomic E-state index is 11.4. The van der Waals surface area contributed by atoms with E-state index in [0.29, 0.717) is 19.0 Å². The molecule has 2 rings (SSSR count). The van der Waals surface area contributed by atoms with Crippen LogP contribution in [0.2, 0.25) is 0 Å². The molecule has 1 fully saturated rings. The Hall–Kier alpha value is -2.04. The van der Waals surface area contributed by atoms with Crippen molar-refractivity contribution in [2.24, 2.45) is 16.6 Å². The Bertz CT molecular complexity index is 500. The van der Waals surface area contributed by atoms with Gasteiger partial charge in [-0.2, -0.15) is 0 Å². The van der Waals surface area contributed by atoms with Crippen molar-refractivity contribution in [2.75, 3.05) is 18.4 Å². The number of carbonyl (C=O) groups excluding carboxylic acids is 1. The summed E-state index contributed by atoms with van der Waals surface area (Å²) in [6.45, 7) is 5.10. The summed E-state index contributed by atoms with van der Waals surface area (Å²) < 4.78 is 0. The van der Waals surface area contributed by atoms with Crippen LogP contribution in [0.1, 0.15) is 24.0 Å². The molecule has 1 aliphatic rings. The van der Waals surface area contributed by atoms with E-state index in [1.165, 1.54) is 11.1 Å². The van der Waals surface area contributed by atoms with Gasteiger partial charge in [0.25, 0.3) is 0 Å². The van der Waals surface area contributed by atoms with Gasteiger partial charge in [0.2, 0.25) is 5.91 Å². The summed E-state index contributed by atoms with van der Waals surface area (Å²) in [6.07, 6.45) is 2.04. The second-order valence-corrected chi connectivity index (χ2v) is 5.33. The van der Waals surface area contributed by atoms with Crippen LogP contribution in [0.3, 0.4) is 0 Å². The standard InChI is InChI=1S/C15H22N4O/c1-10-7-11(2)9-13(8-10)19-15(16)18-6-5-17-14(20)12-3-4-12/h7-9,12H,3-6H2,1-2H3,(H,17,20)(H3,16,18,19). The van der Waals surface area contributed by atoms with Crippen molar-refractivity contribution in [1.82, 2.24) is 5.32 Å². The van der Waals surface area contributed by atoms with E-state index in [1.54, 1.807) is 0 Å². The van der Waals surface area contributed by atoms with Crippen molar-refractivity contribution >= 4 is 17.6 Å². The van der Waals surface area contributed by atoms with E-state index in [0.717, 1.165) is 18.5 Å². The first-order valence-electron chi connectivity index (χ1n) is 6.97. The van der Waals surface area contributed by atoms with Gasteiger partial charge in [-0.25, -0.2) is 0 Å². The predicted octanol–water partition coefficient (Wildman–Crippen LogP) is 1.56. The molecular formula is C15H22N4O. The molecule has 1 aromatic carbocycles. The first kappa shape index (κ1) is 14.4. The van der Waals surface area contributed by atoms with E-state index in [2.05, 4.69) is 21.7 Å². The van der Waals surface area contributed by atoms with Gasteiger partial charge >= 0.3 is 0 Å². The van der Waals surface area contributed by atoms with Gasteiger partial charge in [-0.3, -0.25) is 9.79 Å². The minimum atomic E-state index is 0.140. The van der Waals surface area contributed by atoms with E-state index in [9.17, 15) is 4.79 Å². The zero-order chi connectivity index (χ0) is 14.5. The number of hydrogen-bond acceptors (Lipinski definition) is 2. The highest BCUT2D eigenvalue weighted by Crippen LogP contribution is 2.28. The smallest absolute Gasteiger partial charge is 0.223 e. The third kappa shape index (κ3) is 4.57. The van der Waals surface area contributed by atoms with Gasteiger partial charge in [-0.05, 0) is 49.9 Å². The monoisotopic (exact) mass is 274 g/mol. The fourth-order valence-electron chi connectivity index (χ4n) is 2.08. The van der Waals surface area contributed by atoms with Crippen LogP contribution in [0.4, 0.5) is 5.69 Å². The Balaban J connectivity index is 1.76. The van der Waals surface area contributed by atoms with Crippen molar-refractivity contribution in [3.8, 4) is 0 Å². The number of carbonyl (C=O) groups is 1. The SMILES string of the molecule is Cc1cc(C)cc(NC(N)=NCCNC(=O)C2CC2)c1. The number of amides is 1. The number of nitrogens with two attached hydrogens (primary N) is 1. The van der Waals surface area contributed by atoms with Gasteiger partial charge in [0.15, 0.2) is 5.96 Å². The minimum absolute atomic E-state index is 0.140. The molecule has 0 aliphatic heterocycles. The van der Waals surface area contributed by atoms with Gasteiger partial charge in [0.1, 0.15) is 0 Å². The van der Waals surface area contributed by atoms with Crippen molar-refractivity contribution in [3.05, 3.63) is 29.3 Å². The van der Waals surface area contributed by atoms with Gasteiger partial charge < -0.3 is 16.4 Å². The molecule has 1 amide bonds. The number of guanidine groups is 1. The molecule has 1 aromatic rings. The third-order valence-corrected chi connectivity index (χ3v) is 3.14. The number of nitrogens with zero attached hydrogens (tertiary/aromatic N) is 1. The zero-order valence-electron chi connectivity index (χ0n) is 12.1. The lowest BCUT2D eigenvalue weighted by Crippen LogP contribution is -2.29. The van der Waals surface area contributed by atoms with Crippen molar-refractivity contribution in [3.63, 3.8) is 0 Å². The number of rotatable bonds is 5. The van der Waals surface area contributed by atoms with Gasteiger partial charge in [-0.1, -0.05) is 6.07 Å². The minimum Gasteiger partial charge on any atom is -0.370 e. The molecule has 1 saturated carbocycles. The second kappa shape index (κ2) is 6.41. The fourth-order valence-corrected chi connectivity index (χ4v) is 2.08. The molecule has 20 heavy (non-hydrogen) atoms. The molecule has 5 heteroatoms. The normalized spacial score (nSPS) is 15.0. The lowest BCUT2D eigenvalue weighted by atomic mass is 10.1. The summed E-state index contributed by atoms with van der Waals surface area (Å²) in [5.41, 5.74) is 9.11. The molecule has 0 atom stereocenters. The fraction of sp³-hybridized carbons (Fsp3) is 0.467. The van der Waals surface area contributed by atoms with E-state index >= 15 is 0 Å². The van der Waals surface area contributed by atoms with Gasteiger partial charge in [0.05, 0.1) is 6.54 Å². The summed E-state index contributed by atoms with van der Waals surface area (Å²) in [5.74, 6) is 0.751. The Morgan fingerprint density at radius 3 is 2.55 bits per heavy atom.